The van der Waals surface area contributed by atoms with Gasteiger partial charge in [-0.15, -0.1) is 0 Å². The van der Waals surface area contributed by atoms with Crippen LogP contribution >= 0.6 is 0 Å². The van der Waals surface area contributed by atoms with Crippen molar-refractivity contribution >= 4 is 0 Å². The number of rotatable bonds is 1. The number of hydrogen-bond acceptors (Lipinski definition) is 2. The molecule has 0 radical (unpaired) electrons. The molecule has 1 N–H and O–H groups in total. The third kappa shape index (κ3) is 1.30. The number of fused-ring (bicyclic) bond motifs is 1. The highest BCUT2D eigenvalue weighted by Crippen LogP contribution is 2.30. The third-order valence-corrected chi connectivity index (χ3v) is 3.19. The van der Waals surface area contributed by atoms with E-state index in [-0.39, 0.29) is 0 Å². The molecule has 2 fully saturated rings. The Labute approximate surface area is 68.2 Å². The first-order valence-electron chi connectivity index (χ1n) is 4.78. The quantitative estimate of drug-likeness (QED) is 0.610. The maximum Gasteiger partial charge on any atom is 0.0586 e. The average molecular weight is 155 g/mol. The molecule has 11 heavy (non-hydrogen) atoms. The van der Waals surface area contributed by atoms with Gasteiger partial charge in [0.25, 0.3) is 0 Å². The Kier molecular flexibility index (Phi) is 2.14. The monoisotopic (exact) mass is 155 g/mol. The zero-order valence-corrected chi connectivity index (χ0v) is 7.00. The normalized spacial score (nSPS) is 39.0. The smallest absolute Gasteiger partial charge is 0.0586 e. The van der Waals surface area contributed by atoms with Crippen molar-refractivity contribution in [1.82, 2.24) is 4.90 Å². The van der Waals surface area contributed by atoms with Gasteiger partial charge in [-0.1, -0.05) is 6.42 Å². The Morgan fingerprint density at radius 2 is 2.09 bits per heavy atom. The van der Waals surface area contributed by atoms with E-state index >= 15 is 0 Å². The molecule has 0 unspecified atom stereocenters. The third-order valence-electron chi connectivity index (χ3n) is 3.19. The van der Waals surface area contributed by atoms with Crippen LogP contribution in [0.2, 0.25) is 0 Å². The molecule has 0 aliphatic carbocycles. The number of nitrogens with zero attached hydrogens (tertiary/aromatic N) is 1. The van der Waals surface area contributed by atoms with Crippen molar-refractivity contribution in [1.29, 1.82) is 0 Å². The zero-order chi connectivity index (χ0) is 7.68. The molecule has 0 aromatic rings. The number of aliphatic hydroxyl groups is 1. The summed E-state index contributed by atoms with van der Waals surface area (Å²) in [6.45, 7) is 1.60. The maximum atomic E-state index is 9.06. The van der Waals surface area contributed by atoms with E-state index in [0.29, 0.717) is 12.6 Å². The number of aliphatic hydroxyl groups excluding tert-OH is 1. The van der Waals surface area contributed by atoms with Gasteiger partial charge in [-0.25, -0.2) is 0 Å². The van der Waals surface area contributed by atoms with Crippen LogP contribution in [-0.2, 0) is 0 Å². The summed E-state index contributed by atoms with van der Waals surface area (Å²) in [5.41, 5.74) is 0. The predicted molar refractivity (Wildman–Crippen MR) is 44.5 cm³/mol. The summed E-state index contributed by atoms with van der Waals surface area (Å²) in [4.78, 5) is 2.52. The minimum atomic E-state index is 0.372. The predicted octanol–water partition coefficient (Wildman–Crippen LogP) is 0.996. The van der Waals surface area contributed by atoms with Gasteiger partial charge in [0.1, 0.15) is 0 Å². The molecule has 0 saturated carbocycles. The Balaban J connectivity index is 1.98. The van der Waals surface area contributed by atoms with Crippen molar-refractivity contribution < 1.29 is 5.11 Å². The molecule has 0 spiro atoms. The van der Waals surface area contributed by atoms with Crippen molar-refractivity contribution in [3.63, 3.8) is 0 Å². The minimum Gasteiger partial charge on any atom is -0.395 e. The second-order valence-electron chi connectivity index (χ2n) is 3.80. The van der Waals surface area contributed by atoms with Gasteiger partial charge in [0.2, 0.25) is 0 Å². The molecule has 2 saturated heterocycles. The van der Waals surface area contributed by atoms with Gasteiger partial charge in [0, 0.05) is 12.1 Å². The fourth-order valence-corrected chi connectivity index (χ4v) is 2.56. The highest BCUT2D eigenvalue weighted by molar-refractivity contribution is 4.89. The zero-order valence-electron chi connectivity index (χ0n) is 7.00. The minimum absolute atomic E-state index is 0.372. The van der Waals surface area contributed by atoms with Gasteiger partial charge >= 0.3 is 0 Å². The Morgan fingerprint density at radius 3 is 2.91 bits per heavy atom. The summed E-state index contributed by atoms with van der Waals surface area (Å²) in [6.07, 6.45) is 6.66. The van der Waals surface area contributed by atoms with Crippen LogP contribution in [0, 0.1) is 0 Å². The van der Waals surface area contributed by atoms with E-state index < -0.39 is 0 Å². The van der Waals surface area contributed by atoms with E-state index in [9.17, 15) is 0 Å². The van der Waals surface area contributed by atoms with Crippen molar-refractivity contribution in [3.05, 3.63) is 0 Å². The summed E-state index contributed by atoms with van der Waals surface area (Å²) in [7, 11) is 0. The Morgan fingerprint density at radius 1 is 1.18 bits per heavy atom. The van der Waals surface area contributed by atoms with Crippen LogP contribution in [0.5, 0.6) is 0 Å². The molecule has 2 aliphatic rings. The topological polar surface area (TPSA) is 23.5 Å². The van der Waals surface area contributed by atoms with Gasteiger partial charge in [-0.2, -0.15) is 0 Å². The van der Waals surface area contributed by atoms with Gasteiger partial charge in [0.15, 0.2) is 0 Å². The van der Waals surface area contributed by atoms with Crippen LogP contribution in [0.1, 0.15) is 32.1 Å². The summed E-state index contributed by atoms with van der Waals surface area (Å²) in [5, 5.41) is 9.06. The average Bonchev–Trinajstić information content (AvgIpc) is 2.47. The first-order chi connectivity index (χ1) is 5.42. The van der Waals surface area contributed by atoms with E-state index in [4.69, 9.17) is 5.11 Å². The molecule has 2 nitrogen and oxygen atoms in total. The lowest BCUT2D eigenvalue weighted by atomic mass is 10.0. The van der Waals surface area contributed by atoms with E-state index in [1.165, 1.54) is 38.6 Å². The van der Waals surface area contributed by atoms with Crippen LogP contribution < -0.4 is 0 Å². The molecule has 0 amide bonds. The second-order valence-corrected chi connectivity index (χ2v) is 3.80. The molecule has 2 rings (SSSR count). The molecule has 2 atom stereocenters. The van der Waals surface area contributed by atoms with Gasteiger partial charge in [-0.05, 0) is 32.2 Å². The van der Waals surface area contributed by atoms with E-state index in [0.717, 1.165) is 6.04 Å². The largest absolute Gasteiger partial charge is 0.395 e. The maximum absolute atomic E-state index is 9.06. The van der Waals surface area contributed by atoms with Crippen molar-refractivity contribution in [2.45, 2.75) is 44.2 Å². The van der Waals surface area contributed by atoms with Gasteiger partial charge in [0.05, 0.1) is 6.61 Å². The standard InChI is InChI=1S/C9H17NO/c11-7-9-5-4-8-3-1-2-6-10(8)9/h8-9,11H,1-7H2/t8-,9-/m1/s1. The van der Waals surface area contributed by atoms with Crippen LogP contribution in [0.25, 0.3) is 0 Å². The molecular formula is C9H17NO. The SMILES string of the molecule is OC[C@H]1CC[C@H]2CCCCN21. The number of piperidine rings is 1. The summed E-state index contributed by atoms with van der Waals surface area (Å²) in [6, 6.07) is 1.32. The van der Waals surface area contributed by atoms with Gasteiger partial charge < -0.3 is 5.11 Å². The lowest BCUT2D eigenvalue weighted by Crippen LogP contribution is -2.41. The molecule has 64 valence electrons. The fraction of sp³-hybridized carbons (Fsp3) is 1.00. The summed E-state index contributed by atoms with van der Waals surface area (Å²) >= 11 is 0. The molecular weight excluding hydrogens is 138 g/mol. The Hall–Kier alpha value is -0.0800. The summed E-state index contributed by atoms with van der Waals surface area (Å²) in [5.74, 6) is 0. The van der Waals surface area contributed by atoms with Crippen LogP contribution in [0.3, 0.4) is 0 Å². The lowest BCUT2D eigenvalue weighted by Gasteiger charge is -2.33. The Bertz CT molecular complexity index is 132. The van der Waals surface area contributed by atoms with Crippen molar-refractivity contribution in [2.75, 3.05) is 13.2 Å². The first-order valence-corrected chi connectivity index (χ1v) is 4.78. The van der Waals surface area contributed by atoms with E-state index in [1.807, 2.05) is 0 Å². The lowest BCUT2D eigenvalue weighted by molar-refractivity contribution is 0.104. The van der Waals surface area contributed by atoms with E-state index in [1.54, 1.807) is 0 Å². The van der Waals surface area contributed by atoms with Crippen LogP contribution in [0.15, 0.2) is 0 Å². The molecule has 2 aliphatic heterocycles. The molecule has 0 aromatic heterocycles. The summed E-state index contributed by atoms with van der Waals surface area (Å²) < 4.78 is 0. The molecule has 0 bridgehead atoms. The fourth-order valence-electron chi connectivity index (χ4n) is 2.56. The first kappa shape index (κ1) is 7.56. The van der Waals surface area contributed by atoms with Crippen LogP contribution in [0.4, 0.5) is 0 Å². The molecule has 2 heterocycles. The number of hydrogen-bond donors (Lipinski definition) is 1. The highest BCUT2D eigenvalue weighted by Gasteiger charge is 2.33. The second kappa shape index (κ2) is 3.11. The van der Waals surface area contributed by atoms with Gasteiger partial charge in [-0.3, -0.25) is 4.90 Å². The highest BCUT2D eigenvalue weighted by atomic mass is 16.3. The molecule has 2 heteroatoms. The van der Waals surface area contributed by atoms with Crippen LogP contribution in [-0.4, -0.2) is 35.2 Å². The molecule has 0 aromatic carbocycles. The van der Waals surface area contributed by atoms with Crippen molar-refractivity contribution in [3.8, 4) is 0 Å². The van der Waals surface area contributed by atoms with E-state index in [2.05, 4.69) is 4.90 Å². The van der Waals surface area contributed by atoms with Crippen molar-refractivity contribution in [2.24, 2.45) is 0 Å².